The van der Waals surface area contributed by atoms with Crippen LogP contribution in [-0.4, -0.2) is 41.8 Å². The summed E-state index contributed by atoms with van der Waals surface area (Å²) in [5.41, 5.74) is -0.102. The number of pyridine rings is 1. The zero-order valence-corrected chi connectivity index (χ0v) is 17.3. The number of ketones is 2. The van der Waals surface area contributed by atoms with Gasteiger partial charge in [-0.2, -0.15) is 0 Å². The van der Waals surface area contributed by atoms with Crippen LogP contribution in [0.3, 0.4) is 0 Å². The average Bonchev–Trinajstić information content (AvgIpc) is 2.81. The number of carbonyl (C=O) groups is 3. The molecule has 0 saturated heterocycles. The number of aromatic nitrogens is 1. The molecule has 0 unspecified atom stereocenters. The number of ether oxygens (including phenoxy) is 2. The van der Waals surface area contributed by atoms with Crippen LogP contribution >= 0.6 is 0 Å². The third-order valence-corrected chi connectivity index (χ3v) is 5.54. The van der Waals surface area contributed by atoms with Crippen molar-refractivity contribution in [3.63, 3.8) is 0 Å². The Bertz CT molecular complexity index is 1370. The SMILES string of the molecule is COC(=O)C[C@H](C1=C(O)c2ccccc2C(=O)C1=O)c1cc2ccc(OC)cc2[nH]c1=O. The van der Waals surface area contributed by atoms with Crippen LogP contribution in [0.15, 0.2) is 58.9 Å². The number of aromatic amines is 1. The molecule has 32 heavy (non-hydrogen) atoms. The van der Waals surface area contributed by atoms with E-state index in [0.29, 0.717) is 16.7 Å². The molecule has 2 N–H and O–H groups in total. The van der Waals surface area contributed by atoms with Crippen LogP contribution in [0.5, 0.6) is 5.75 Å². The number of aliphatic hydroxyl groups is 1. The van der Waals surface area contributed by atoms with E-state index in [1.165, 1.54) is 32.4 Å². The minimum Gasteiger partial charge on any atom is -0.507 e. The molecule has 3 aromatic rings. The minimum atomic E-state index is -1.19. The summed E-state index contributed by atoms with van der Waals surface area (Å²) >= 11 is 0. The quantitative estimate of drug-likeness (QED) is 0.468. The van der Waals surface area contributed by atoms with Crippen molar-refractivity contribution in [3.8, 4) is 5.75 Å². The Morgan fingerprint density at radius 3 is 2.41 bits per heavy atom. The van der Waals surface area contributed by atoms with Crippen LogP contribution in [-0.2, 0) is 14.3 Å². The van der Waals surface area contributed by atoms with E-state index in [1.54, 1.807) is 30.3 Å². The lowest BCUT2D eigenvalue weighted by atomic mass is 9.78. The van der Waals surface area contributed by atoms with Gasteiger partial charge in [-0.25, -0.2) is 0 Å². The fourth-order valence-corrected chi connectivity index (χ4v) is 3.91. The number of esters is 1. The summed E-state index contributed by atoms with van der Waals surface area (Å²) in [6.45, 7) is 0. The number of fused-ring (bicyclic) bond motifs is 2. The summed E-state index contributed by atoms with van der Waals surface area (Å²) in [6.07, 6.45) is -0.415. The number of Topliss-reactive ketones (excluding diaryl/α,β-unsaturated/α-hetero) is 2. The number of H-pyrrole nitrogens is 1. The summed E-state index contributed by atoms with van der Waals surface area (Å²) in [5.74, 6) is -3.58. The lowest BCUT2D eigenvalue weighted by molar-refractivity contribution is -0.140. The molecule has 0 aliphatic heterocycles. The molecule has 0 saturated carbocycles. The first-order valence-corrected chi connectivity index (χ1v) is 9.75. The Hall–Kier alpha value is -4.20. The normalized spacial score (nSPS) is 14.3. The Labute approximate surface area is 182 Å². The summed E-state index contributed by atoms with van der Waals surface area (Å²) in [6, 6.07) is 12.7. The number of methoxy groups -OCH3 is 2. The van der Waals surface area contributed by atoms with E-state index in [1.807, 2.05) is 0 Å². The average molecular weight is 433 g/mol. The minimum absolute atomic E-state index is 0.0511. The monoisotopic (exact) mass is 433 g/mol. The van der Waals surface area contributed by atoms with Crippen molar-refractivity contribution in [1.29, 1.82) is 0 Å². The van der Waals surface area contributed by atoms with E-state index in [2.05, 4.69) is 4.98 Å². The van der Waals surface area contributed by atoms with Crippen molar-refractivity contribution >= 4 is 34.2 Å². The van der Waals surface area contributed by atoms with Gasteiger partial charge in [0.05, 0.1) is 31.7 Å². The zero-order chi connectivity index (χ0) is 23.0. The molecule has 1 aliphatic rings. The maximum Gasteiger partial charge on any atom is 0.306 e. The molecule has 4 rings (SSSR count). The van der Waals surface area contributed by atoms with Gasteiger partial charge in [0.15, 0.2) is 0 Å². The summed E-state index contributed by atoms with van der Waals surface area (Å²) in [7, 11) is 2.67. The third kappa shape index (κ3) is 3.45. The molecule has 0 radical (unpaired) electrons. The Balaban J connectivity index is 1.96. The second-order valence-corrected chi connectivity index (χ2v) is 7.31. The van der Waals surface area contributed by atoms with Gasteiger partial charge in [0.2, 0.25) is 11.6 Å². The van der Waals surface area contributed by atoms with Gasteiger partial charge in [-0.15, -0.1) is 0 Å². The second-order valence-electron chi connectivity index (χ2n) is 7.31. The molecule has 0 amide bonds. The molecule has 2 aromatic carbocycles. The first-order valence-electron chi connectivity index (χ1n) is 9.75. The number of nitrogens with one attached hydrogen (secondary N) is 1. The number of aliphatic hydroxyl groups excluding tert-OH is 1. The number of benzene rings is 2. The van der Waals surface area contributed by atoms with Crippen molar-refractivity contribution < 1.29 is 29.0 Å². The van der Waals surface area contributed by atoms with Crippen molar-refractivity contribution in [2.45, 2.75) is 12.3 Å². The first kappa shape index (κ1) is 21.0. The lowest BCUT2D eigenvalue weighted by Crippen LogP contribution is -2.30. The van der Waals surface area contributed by atoms with Gasteiger partial charge < -0.3 is 19.6 Å². The number of rotatable bonds is 5. The Kier molecular flexibility index (Phi) is 5.36. The molecule has 8 nitrogen and oxygen atoms in total. The third-order valence-electron chi connectivity index (χ3n) is 5.54. The predicted octanol–water partition coefficient (Wildman–Crippen LogP) is 2.92. The van der Waals surface area contributed by atoms with Crippen molar-refractivity contribution in [2.75, 3.05) is 14.2 Å². The molecule has 8 heteroatoms. The van der Waals surface area contributed by atoms with E-state index in [-0.39, 0.29) is 22.3 Å². The number of hydrogen-bond acceptors (Lipinski definition) is 7. The van der Waals surface area contributed by atoms with Crippen LogP contribution in [0.25, 0.3) is 16.7 Å². The highest BCUT2D eigenvalue weighted by Gasteiger charge is 2.39. The molecule has 1 aliphatic carbocycles. The van der Waals surface area contributed by atoms with E-state index < -0.39 is 41.2 Å². The lowest BCUT2D eigenvalue weighted by Gasteiger charge is -2.24. The molecule has 1 aromatic heterocycles. The van der Waals surface area contributed by atoms with Gasteiger partial charge >= 0.3 is 5.97 Å². The highest BCUT2D eigenvalue weighted by Crippen LogP contribution is 2.37. The summed E-state index contributed by atoms with van der Waals surface area (Å²) < 4.78 is 9.92. The molecule has 1 heterocycles. The Morgan fingerprint density at radius 1 is 1.00 bits per heavy atom. The maximum absolute atomic E-state index is 13.0. The number of hydrogen-bond donors (Lipinski definition) is 2. The molecule has 0 bridgehead atoms. The predicted molar refractivity (Wildman–Crippen MR) is 116 cm³/mol. The van der Waals surface area contributed by atoms with Gasteiger partial charge in [0.25, 0.3) is 5.56 Å². The zero-order valence-electron chi connectivity index (χ0n) is 17.3. The smallest absolute Gasteiger partial charge is 0.306 e. The van der Waals surface area contributed by atoms with Gasteiger partial charge in [0, 0.05) is 28.7 Å². The fraction of sp³-hybridized carbons (Fsp3) is 0.167. The van der Waals surface area contributed by atoms with Gasteiger partial charge in [-0.3, -0.25) is 19.2 Å². The second kappa shape index (κ2) is 8.14. The maximum atomic E-state index is 13.0. The van der Waals surface area contributed by atoms with Gasteiger partial charge in [-0.1, -0.05) is 24.3 Å². The van der Waals surface area contributed by atoms with Crippen LogP contribution < -0.4 is 10.3 Å². The topological polar surface area (TPSA) is 123 Å². The molecule has 162 valence electrons. The molecule has 0 spiro atoms. The summed E-state index contributed by atoms with van der Waals surface area (Å²) in [4.78, 5) is 53.6. The molecular formula is C24H19NO7. The largest absolute Gasteiger partial charge is 0.507 e. The highest BCUT2D eigenvalue weighted by atomic mass is 16.5. The Morgan fingerprint density at radius 2 is 1.72 bits per heavy atom. The van der Waals surface area contributed by atoms with Crippen LogP contribution in [0, 0.1) is 0 Å². The number of allylic oxidation sites excluding steroid dienone is 1. The van der Waals surface area contributed by atoms with Gasteiger partial charge in [0.1, 0.15) is 11.5 Å². The van der Waals surface area contributed by atoms with Gasteiger partial charge in [-0.05, 0) is 23.6 Å². The molecule has 1 atom stereocenters. The van der Waals surface area contributed by atoms with E-state index in [0.717, 1.165) is 0 Å². The first-order chi connectivity index (χ1) is 15.3. The van der Waals surface area contributed by atoms with Crippen molar-refractivity contribution in [2.24, 2.45) is 0 Å². The van der Waals surface area contributed by atoms with Crippen LogP contribution in [0.2, 0.25) is 0 Å². The van der Waals surface area contributed by atoms with Crippen LogP contribution in [0.4, 0.5) is 0 Å². The highest BCUT2D eigenvalue weighted by molar-refractivity contribution is 6.52. The fourth-order valence-electron chi connectivity index (χ4n) is 3.91. The molecule has 0 fully saturated rings. The van der Waals surface area contributed by atoms with E-state index in [9.17, 15) is 24.3 Å². The summed E-state index contributed by atoms with van der Waals surface area (Å²) in [5, 5.41) is 11.5. The van der Waals surface area contributed by atoms with Crippen molar-refractivity contribution in [3.05, 3.63) is 81.1 Å². The van der Waals surface area contributed by atoms with Crippen molar-refractivity contribution in [1.82, 2.24) is 4.98 Å². The molecular weight excluding hydrogens is 414 g/mol. The van der Waals surface area contributed by atoms with E-state index in [4.69, 9.17) is 9.47 Å². The number of carbonyl (C=O) groups excluding carboxylic acids is 3. The standard InChI is InChI=1S/C24H19NO7/c1-31-13-8-7-12-9-17(24(30)25-18(12)10-13)16(11-19(26)32-2)20-21(27)14-5-3-4-6-15(14)22(28)23(20)29/h3-10,16,27H,11H2,1-2H3,(H,25,30)/t16-/m0/s1. The van der Waals surface area contributed by atoms with Crippen LogP contribution in [0.1, 0.15) is 33.8 Å². The van der Waals surface area contributed by atoms with E-state index >= 15 is 0 Å².